The molecule has 0 aromatic heterocycles. The molecule has 82 valence electrons. The number of rotatable bonds is 4. The van der Waals surface area contributed by atoms with Crippen molar-refractivity contribution >= 4 is 44.3 Å². The van der Waals surface area contributed by atoms with Crippen molar-refractivity contribution in [2.24, 2.45) is 5.92 Å². The highest BCUT2D eigenvalue weighted by molar-refractivity contribution is 14.1. The number of carbonyl (C=O) groups is 1. The molecule has 1 aromatic rings. The van der Waals surface area contributed by atoms with Gasteiger partial charge < -0.3 is 0 Å². The second-order valence-electron chi connectivity index (χ2n) is 3.82. The van der Waals surface area contributed by atoms with E-state index in [1.165, 1.54) is 9.13 Å². The fraction of sp³-hybridized carbons (Fsp3) is 0.417. The van der Waals surface area contributed by atoms with E-state index in [1.54, 1.807) is 0 Å². The lowest BCUT2D eigenvalue weighted by Crippen LogP contribution is -2.22. The van der Waals surface area contributed by atoms with E-state index in [0.717, 1.165) is 6.42 Å². The number of alkyl halides is 1. The second kappa shape index (κ2) is 5.99. The zero-order valence-corrected chi connectivity index (χ0v) is 12.6. The SMILES string of the molecule is CC(C)C(=O)C(Br)Cc1ccccc1I. The summed E-state index contributed by atoms with van der Waals surface area (Å²) in [5.41, 5.74) is 1.23. The summed E-state index contributed by atoms with van der Waals surface area (Å²) in [6, 6.07) is 8.16. The molecule has 1 unspecified atom stereocenters. The first-order valence-corrected chi connectivity index (χ1v) is 6.93. The van der Waals surface area contributed by atoms with Gasteiger partial charge in [-0.2, -0.15) is 0 Å². The summed E-state index contributed by atoms with van der Waals surface area (Å²) in [4.78, 5) is 11.6. The molecule has 15 heavy (non-hydrogen) atoms. The molecule has 1 atom stereocenters. The Morgan fingerprint density at radius 1 is 1.40 bits per heavy atom. The van der Waals surface area contributed by atoms with Crippen LogP contribution in [0.2, 0.25) is 0 Å². The first kappa shape index (κ1) is 13.2. The molecule has 0 aliphatic rings. The minimum absolute atomic E-state index is 0.0617. The average Bonchev–Trinajstić information content (AvgIpc) is 2.20. The van der Waals surface area contributed by atoms with Gasteiger partial charge in [0, 0.05) is 9.49 Å². The molecule has 0 amide bonds. The van der Waals surface area contributed by atoms with Crippen molar-refractivity contribution in [3.05, 3.63) is 33.4 Å². The fourth-order valence-electron chi connectivity index (χ4n) is 1.32. The van der Waals surface area contributed by atoms with Crippen LogP contribution in [0.1, 0.15) is 19.4 Å². The zero-order chi connectivity index (χ0) is 11.4. The van der Waals surface area contributed by atoms with Gasteiger partial charge in [0.15, 0.2) is 0 Å². The van der Waals surface area contributed by atoms with Crippen LogP contribution in [0.3, 0.4) is 0 Å². The molecule has 0 aliphatic heterocycles. The van der Waals surface area contributed by atoms with Gasteiger partial charge in [-0.1, -0.05) is 48.0 Å². The summed E-state index contributed by atoms with van der Waals surface area (Å²) >= 11 is 5.76. The Morgan fingerprint density at radius 3 is 2.53 bits per heavy atom. The summed E-state index contributed by atoms with van der Waals surface area (Å²) < 4.78 is 1.22. The van der Waals surface area contributed by atoms with E-state index in [1.807, 2.05) is 26.0 Å². The molecule has 1 nitrogen and oxygen atoms in total. The predicted molar refractivity (Wildman–Crippen MR) is 75.4 cm³/mol. The highest BCUT2D eigenvalue weighted by Crippen LogP contribution is 2.19. The van der Waals surface area contributed by atoms with Gasteiger partial charge in [-0.3, -0.25) is 4.79 Å². The highest BCUT2D eigenvalue weighted by Gasteiger charge is 2.19. The number of ketones is 1. The van der Waals surface area contributed by atoms with Crippen LogP contribution < -0.4 is 0 Å². The van der Waals surface area contributed by atoms with Crippen LogP contribution in [0, 0.1) is 9.49 Å². The molecule has 0 saturated heterocycles. The van der Waals surface area contributed by atoms with E-state index in [2.05, 4.69) is 50.7 Å². The van der Waals surface area contributed by atoms with Crippen molar-refractivity contribution in [1.29, 1.82) is 0 Å². The summed E-state index contributed by atoms with van der Waals surface area (Å²) in [5.74, 6) is 0.366. The van der Waals surface area contributed by atoms with E-state index in [0.29, 0.717) is 0 Å². The van der Waals surface area contributed by atoms with Crippen molar-refractivity contribution in [1.82, 2.24) is 0 Å². The molecule has 0 bridgehead atoms. The third-order valence-electron chi connectivity index (χ3n) is 2.23. The maximum atomic E-state index is 11.7. The molecule has 0 aliphatic carbocycles. The standard InChI is InChI=1S/C12H14BrIO/c1-8(2)12(15)10(13)7-9-5-3-4-6-11(9)14/h3-6,8,10H,7H2,1-2H3. The number of Topliss-reactive ketones (excluding diaryl/α,β-unsaturated/α-hetero) is 1. The normalized spacial score (nSPS) is 12.9. The largest absolute Gasteiger partial charge is 0.298 e. The van der Waals surface area contributed by atoms with Crippen molar-refractivity contribution in [3.63, 3.8) is 0 Å². The average molecular weight is 381 g/mol. The van der Waals surface area contributed by atoms with Gasteiger partial charge in [0.25, 0.3) is 0 Å². The van der Waals surface area contributed by atoms with Gasteiger partial charge in [0.1, 0.15) is 5.78 Å². The third-order valence-corrected chi connectivity index (χ3v) is 4.06. The summed E-state index contributed by atoms with van der Waals surface area (Å²) in [6.07, 6.45) is 0.774. The van der Waals surface area contributed by atoms with Crippen molar-refractivity contribution in [2.75, 3.05) is 0 Å². The lowest BCUT2D eigenvalue weighted by atomic mass is 10.0. The predicted octanol–water partition coefficient (Wildman–Crippen LogP) is 3.82. The minimum atomic E-state index is -0.0617. The quantitative estimate of drug-likeness (QED) is 0.573. The van der Waals surface area contributed by atoms with E-state index >= 15 is 0 Å². The van der Waals surface area contributed by atoms with Crippen molar-refractivity contribution in [3.8, 4) is 0 Å². The van der Waals surface area contributed by atoms with Crippen LogP contribution in [0.25, 0.3) is 0 Å². The number of halogens is 2. The molecule has 0 heterocycles. The van der Waals surface area contributed by atoms with Crippen LogP contribution in [-0.4, -0.2) is 10.6 Å². The second-order valence-corrected chi connectivity index (χ2v) is 6.09. The lowest BCUT2D eigenvalue weighted by Gasteiger charge is -2.12. The molecule has 0 spiro atoms. The Bertz CT molecular complexity index is 349. The van der Waals surface area contributed by atoms with Crippen LogP contribution in [0.4, 0.5) is 0 Å². The first-order chi connectivity index (χ1) is 7.02. The molecule has 1 rings (SSSR count). The topological polar surface area (TPSA) is 17.1 Å². The van der Waals surface area contributed by atoms with E-state index in [9.17, 15) is 4.79 Å². The monoisotopic (exact) mass is 380 g/mol. The minimum Gasteiger partial charge on any atom is -0.298 e. The molecule has 0 fully saturated rings. The summed E-state index contributed by atoms with van der Waals surface area (Å²) in [5, 5.41) is 0. The summed E-state index contributed by atoms with van der Waals surface area (Å²) in [6.45, 7) is 3.87. The Kier molecular flexibility index (Phi) is 5.26. The summed E-state index contributed by atoms with van der Waals surface area (Å²) in [7, 11) is 0. The number of hydrogen-bond donors (Lipinski definition) is 0. The third kappa shape index (κ3) is 3.87. The lowest BCUT2D eigenvalue weighted by molar-refractivity contribution is -0.121. The Balaban J connectivity index is 2.71. The fourth-order valence-corrected chi connectivity index (χ4v) is 2.80. The van der Waals surface area contributed by atoms with E-state index in [-0.39, 0.29) is 16.5 Å². The van der Waals surface area contributed by atoms with Crippen LogP contribution in [-0.2, 0) is 11.2 Å². The molecular formula is C12H14BrIO. The number of hydrogen-bond acceptors (Lipinski definition) is 1. The number of benzene rings is 1. The van der Waals surface area contributed by atoms with Gasteiger partial charge in [-0.25, -0.2) is 0 Å². The van der Waals surface area contributed by atoms with Gasteiger partial charge in [0.2, 0.25) is 0 Å². The van der Waals surface area contributed by atoms with E-state index in [4.69, 9.17) is 0 Å². The molecule has 3 heteroatoms. The van der Waals surface area contributed by atoms with Crippen LogP contribution >= 0.6 is 38.5 Å². The van der Waals surface area contributed by atoms with Crippen molar-refractivity contribution < 1.29 is 4.79 Å². The molecule has 0 saturated carbocycles. The molecule has 0 N–H and O–H groups in total. The van der Waals surface area contributed by atoms with E-state index < -0.39 is 0 Å². The van der Waals surface area contributed by atoms with Crippen LogP contribution in [0.15, 0.2) is 24.3 Å². The Hall–Kier alpha value is 0.100. The molecule has 0 radical (unpaired) electrons. The van der Waals surface area contributed by atoms with Gasteiger partial charge in [-0.05, 0) is 40.6 Å². The van der Waals surface area contributed by atoms with Gasteiger partial charge in [0.05, 0.1) is 4.83 Å². The van der Waals surface area contributed by atoms with Crippen molar-refractivity contribution in [2.45, 2.75) is 25.1 Å². The Morgan fingerprint density at radius 2 is 2.00 bits per heavy atom. The van der Waals surface area contributed by atoms with Gasteiger partial charge >= 0.3 is 0 Å². The smallest absolute Gasteiger partial charge is 0.149 e. The van der Waals surface area contributed by atoms with Crippen LogP contribution in [0.5, 0.6) is 0 Å². The molecule has 1 aromatic carbocycles. The zero-order valence-electron chi connectivity index (χ0n) is 8.84. The highest BCUT2D eigenvalue weighted by atomic mass is 127. The maximum absolute atomic E-state index is 11.7. The Labute approximate surface area is 113 Å². The molecular weight excluding hydrogens is 367 g/mol. The van der Waals surface area contributed by atoms with Gasteiger partial charge in [-0.15, -0.1) is 0 Å². The first-order valence-electron chi connectivity index (χ1n) is 4.93. The number of carbonyl (C=O) groups excluding carboxylic acids is 1. The maximum Gasteiger partial charge on any atom is 0.149 e.